The number of aromatic nitrogens is 4. The van der Waals surface area contributed by atoms with E-state index >= 15 is 0 Å². The van der Waals surface area contributed by atoms with E-state index in [1.165, 1.54) is 6.33 Å². The van der Waals surface area contributed by atoms with Crippen molar-refractivity contribution in [2.24, 2.45) is 0 Å². The van der Waals surface area contributed by atoms with E-state index < -0.39 is 7.25 Å². The summed E-state index contributed by atoms with van der Waals surface area (Å²) in [7, 11) is -2.03. The molecule has 1 aliphatic rings. The summed E-state index contributed by atoms with van der Waals surface area (Å²) >= 11 is 0. The zero-order valence-electron chi connectivity index (χ0n) is 9.52. The van der Waals surface area contributed by atoms with Crippen LogP contribution in [0.15, 0.2) is 12.7 Å². The van der Waals surface area contributed by atoms with Crippen LogP contribution in [0.5, 0.6) is 0 Å². The fraction of sp³-hybridized carbons (Fsp3) is 0.375. The van der Waals surface area contributed by atoms with Crippen LogP contribution in [0, 0.1) is 0 Å². The van der Waals surface area contributed by atoms with E-state index in [2.05, 4.69) is 15.0 Å². The molecule has 2 N–H and O–H groups in total. The molecule has 0 spiro atoms. The Labute approximate surface area is 103 Å². The van der Waals surface area contributed by atoms with Crippen LogP contribution in [0.1, 0.15) is 0 Å². The minimum absolute atomic E-state index is 0.177. The van der Waals surface area contributed by atoms with Crippen LogP contribution in [0.3, 0.4) is 0 Å². The first-order valence-electron chi connectivity index (χ1n) is 5.40. The van der Waals surface area contributed by atoms with Crippen LogP contribution >= 0.6 is 7.25 Å². The maximum absolute atomic E-state index is 11.3. The standard InChI is InChI=1S/C8H11BN5O3P/c10-7-6-8(12-3-11-7)14(4-13-6)1-2-16-5-18(15)9-17-18/h3-4,9H,1-2,5H2,(H2,10,11,12). The van der Waals surface area contributed by atoms with Crippen molar-refractivity contribution in [1.29, 1.82) is 0 Å². The zero-order valence-corrected chi connectivity index (χ0v) is 10.4. The van der Waals surface area contributed by atoms with Gasteiger partial charge in [0.2, 0.25) is 7.25 Å². The molecule has 1 aliphatic heterocycles. The Kier molecular flexibility index (Phi) is 2.81. The van der Waals surface area contributed by atoms with Crippen molar-refractivity contribution < 1.29 is 13.7 Å². The number of nitrogens with zero attached hydrogens (tertiary/aromatic N) is 4. The normalized spacial score (nSPS) is 22.0. The number of fused-ring (bicyclic) bond motifs is 1. The predicted octanol–water partition coefficient (Wildman–Crippen LogP) is -0.0426. The highest BCUT2D eigenvalue weighted by molar-refractivity contribution is 7.97. The monoisotopic (exact) mass is 267 g/mol. The number of anilines is 1. The van der Waals surface area contributed by atoms with Crippen LogP contribution < -0.4 is 5.73 Å². The molecule has 10 heteroatoms. The van der Waals surface area contributed by atoms with Gasteiger partial charge in [-0.25, -0.2) is 15.0 Å². The highest BCUT2D eigenvalue weighted by Crippen LogP contribution is 2.59. The van der Waals surface area contributed by atoms with Gasteiger partial charge in [-0.15, -0.1) is 0 Å². The number of ether oxygens (including phenoxy) is 1. The Balaban J connectivity index is 1.64. The van der Waals surface area contributed by atoms with Gasteiger partial charge in [-0.1, -0.05) is 0 Å². The Morgan fingerprint density at radius 1 is 1.50 bits per heavy atom. The maximum atomic E-state index is 11.3. The molecule has 1 atom stereocenters. The van der Waals surface area contributed by atoms with E-state index in [0.29, 0.717) is 37.3 Å². The first kappa shape index (κ1) is 11.6. The van der Waals surface area contributed by atoms with Gasteiger partial charge in [-0.2, -0.15) is 0 Å². The van der Waals surface area contributed by atoms with E-state index in [9.17, 15) is 4.57 Å². The lowest BCUT2D eigenvalue weighted by atomic mass is 10.5. The summed E-state index contributed by atoms with van der Waals surface area (Å²) in [6.45, 7) is 0.982. The Hall–Kier alpha value is -1.44. The molecular weight excluding hydrogens is 256 g/mol. The summed E-state index contributed by atoms with van der Waals surface area (Å²) in [6, 6.07) is 0. The van der Waals surface area contributed by atoms with Gasteiger partial charge in [0.15, 0.2) is 11.5 Å². The highest BCUT2D eigenvalue weighted by atomic mass is 31.2. The van der Waals surface area contributed by atoms with E-state index in [1.54, 1.807) is 6.33 Å². The molecule has 3 heterocycles. The van der Waals surface area contributed by atoms with Crippen molar-refractivity contribution in [1.82, 2.24) is 19.5 Å². The lowest BCUT2D eigenvalue weighted by Gasteiger charge is -2.04. The number of imidazole rings is 1. The van der Waals surface area contributed by atoms with E-state index in [1.807, 2.05) is 4.57 Å². The third-order valence-corrected chi connectivity index (χ3v) is 4.02. The number of nitrogens with two attached hydrogens (primary N) is 1. The minimum Gasteiger partial charge on any atom is -0.384 e. The quantitative estimate of drug-likeness (QED) is 0.350. The van der Waals surface area contributed by atoms with Gasteiger partial charge in [0.1, 0.15) is 18.2 Å². The van der Waals surface area contributed by atoms with Gasteiger partial charge < -0.3 is 24.0 Å². The van der Waals surface area contributed by atoms with Crippen LogP contribution in [0.4, 0.5) is 5.82 Å². The lowest BCUT2D eigenvalue weighted by molar-refractivity contribution is 0.165. The van der Waals surface area contributed by atoms with Crippen molar-refractivity contribution in [2.45, 2.75) is 6.54 Å². The second kappa shape index (κ2) is 4.35. The molecular formula is C8H11BN5O3P. The topological polar surface area (TPSA) is 108 Å². The molecule has 3 rings (SSSR count). The van der Waals surface area contributed by atoms with Crippen molar-refractivity contribution in [3.05, 3.63) is 12.7 Å². The molecule has 0 aliphatic carbocycles. The molecule has 0 bridgehead atoms. The number of hydrogen-bond acceptors (Lipinski definition) is 7. The zero-order chi connectivity index (χ0) is 12.6. The number of nitrogen functional groups attached to an aromatic ring is 1. The third kappa shape index (κ3) is 2.24. The fourth-order valence-electron chi connectivity index (χ4n) is 1.57. The molecule has 1 fully saturated rings. The van der Waals surface area contributed by atoms with Crippen molar-refractivity contribution in [2.75, 3.05) is 18.7 Å². The molecule has 0 saturated carbocycles. The summed E-state index contributed by atoms with van der Waals surface area (Å²) in [5, 5.41) is 0. The van der Waals surface area contributed by atoms with Gasteiger partial charge >= 0.3 is 7.20 Å². The summed E-state index contributed by atoms with van der Waals surface area (Å²) in [4.78, 5) is 12.1. The van der Waals surface area contributed by atoms with Crippen LogP contribution in [0.25, 0.3) is 11.2 Å². The van der Waals surface area contributed by atoms with Crippen LogP contribution in [-0.2, 0) is 20.3 Å². The van der Waals surface area contributed by atoms with Gasteiger partial charge in [-0.05, 0) is 0 Å². The van der Waals surface area contributed by atoms with Crippen molar-refractivity contribution >= 4 is 31.4 Å². The maximum Gasteiger partial charge on any atom is 0.386 e. The summed E-state index contributed by atoms with van der Waals surface area (Å²) in [6.07, 6.45) is 3.21. The lowest BCUT2D eigenvalue weighted by Crippen LogP contribution is -2.06. The molecule has 0 aromatic carbocycles. The Morgan fingerprint density at radius 2 is 2.33 bits per heavy atom. The van der Waals surface area contributed by atoms with Crippen molar-refractivity contribution in [3.8, 4) is 0 Å². The summed E-state index contributed by atoms with van der Waals surface area (Å²) in [5.41, 5.74) is 6.92. The number of rotatable bonds is 5. The molecule has 1 unspecified atom stereocenters. The number of hydrogen-bond donors (Lipinski definition) is 1. The molecule has 2 aromatic heterocycles. The molecule has 18 heavy (non-hydrogen) atoms. The molecule has 0 radical (unpaired) electrons. The first-order chi connectivity index (χ1) is 8.68. The SMILES string of the molecule is Nc1ncnc2c1ncn2CCOCP1(=O)BO1. The molecule has 8 nitrogen and oxygen atoms in total. The van der Waals surface area contributed by atoms with Crippen LogP contribution in [0.2, 0.25) is 0 Å². The fourth-order valence-corrected chi connectivity index (χ4v) is 2.64. The van der Waals surface area contributed by atoms with Gasteiger partial charge in [0, 0.05) is 6.54 Å². The van der Waals surface area contributed by atoms with Gasteiger partial charge in [0.05, 0.1) is 12.9 Å². The van der Waals surface area contributed by atoms with Crippen LogP contribution in [-0.4, -0.2) is 39.7 Å². The van der Waals surface area contributed by atoms with E-state index in [0.717, 1.165) is 0 Å². The third-order valence-electron chi connectivity index (χ3n) is 2.61. The summed E-state index contributed by atoms with van der Waals surface area (Å²) in [5.74, 6) is 0.357. The second-order valence-electron chi connectivity index (χ2n) is 3.98. The second-order valence-corrected chi connectivity index (χ2v) is 6.38. The summed E-state index contributed by atoms with van der Waals surface area (Å²) < 4.78 is 23.3. The molecule has 2 aromatic rings. The van der Waals surface area contributed by atoms with Gasteiger partial charge in [-0.3, -0.25) is 0 Å². The Morgan fingerprint density at radius 3 is 3.11 bits per heavy atom. The average molecular weight is 267 g/mol. The minimum atomic E-state index is -2.37. The average Bonchev–Trinajstić information content (AvgIpc) is 2.94. The van der Waals surface area contributed by atoms with Crippen molar-refractivity contribution in [3.63, 3.8) is 0 Å². The van der Waals surface area contributed by atoms with E-state index in [-0.39, 0.29) is 6.35 Å². The largest absolute Gasteiger partial charge is 0.386 e. The smallest absolute Gasteiger partial charge is 0.384 e. The van der Waals surface area contributed by atoms with Gasteiger partial charge in [0.25, 0.3) is 0 Å². The molecule has 0 amide bonds. The highest BCUT2D eigenvalue weighted by Gasteiger charge is 2.41. The Bertz CT molecular complexity index is 624. The predicted molar refractivity (Wildman–Crippen MR) is 66.4 cm³/mol. The van der Waals surface area contributed by atoms with E-state index in [4.69, 9.17) is 14.9 Å². The molecule has 94 valence electrons. The first-order valence-corrected chi connectivity index (χ1v) is 7.39. The molecule has 1 saturated heterocycles.